The van der Waals surface area contributed by atoms with Crippen molar-refractivity contribution in [2.24, 2.45) is 0 Å². The molecule has 0 amide bonds. The Morgan fingerprint density at radius 1 is 1.33 bits per heavy atom. The minimum absolute atomic E-state index is 0.546. The van der Waals surface area contributed by atoms with Gasteiger partial charge in [0.05, 0.1) is 7.11 Å². The van der Waals surface area contributed by atoms with Crippen molar-refractivity contribution in [3.63, 3.8) is 0 Å². The molecule has 1 rings (SSSR count). The van der Waals surface area contributed by atoms with Crippen LogP contribution in [0, 0.1) is 0 Å². The number of piperazine rings is 1. The van der Waals surface area contributed by atoms with E-state index in [9.17, 15) is 4.21 Å². The topological polar surface area (TPSA) is 32.8 Å². The SMILES string of the molecule is COS(=O)CN1CCN(C)CC1. The molecule has 0 spiro atoms. The molecule has 1 fully saturated rings. The number of likely N-dealkylation sites (N-methyl/N-ethyl adjacent to an activating group) is 1. The first-order valence-electron chi connectivity index (χ1n) is 4.06. The zero-order valence-electron chi connectivity index (χ0n) is 7.65. The summed E-state index contributed by atoms with van der Waals surface area (Å²) < 4.78 is 15.7. The summed E-state index contributed by atoms with van der Waals surface area (Å²) in [6.07, 6.45) is 0. The minimum atomic E-state index is -1.13. The molecule has 0 N–H and O–H groups in total. The zero-order valence-corrected chi connectivity index (χ0v) is 8.47. The molecule has 0 radical (unpaired) electrons. The van der Waals surface area contributed by atoms with Crippen LogP contribution in [0.3, 0.4) is 0 Å². The summed E-state index contributed by atoms with van der Waals surface area (Å²) in [4.78, 5) is 4.44. The van der Waals surface area contributed by atoms with Gasteiger partial charge in [0.15, 0.2) is 11.1 Å². The van der Waals surface area contributed by atoms with E-state index in [0.29, 0.717) is 5.88 Å². The van der Waals surface area contributed by atoms with Crippen LogP contribution in [0.15, 0.2) is 0 Å². The molecule has 1 atom stereocenters. The average Bonchev–Trinajstić information content (AvgIpc) is 2.09. The van der Waals surface area contributed by atoms with Gasteiger partial charge in [0.1, 0.15) is 5.88 Å². The number of rotatable bonds is 3. The van der Waals surface area contributed by atoms with Crippen molar-refractivity contribution in [1.29, 1.82) is 0 Å². The predicted molar refractivity (Wildman–Crippen MR) is 49.1 cm³/mol. The Labute approximate surface area is 76.1 Å². The van der Waals surface area contributed by atoms with E-state index in [1.54, 1.807) is 0 Å². The molecule has 1 saturated heterocycles. The van der Waals surface area contributed by atoms with E-state index < -0.39 is 11.1 Å². The lowest BCUT2D eigenvalue weighted by molar-refractivity contribution is 0.171. The minimum Gasteiger partial charge on any atom is -0.304 e. The van der Waals surface area contributed by atoms with Crippen LogP contribution in [0.4, 0.5) is 0 Å². The van der Waals surface area contributed by atoms with Gasteiger partial charge in [-0.15, -0.1) is 0 Å². The van der Waals surface area contributed by atoms with Gasteiger partial charge in [-0.25, -0.2) is 4.21 Å². The molecule has 0 bridgehead atoms. The van der Waals surface area contributed by atoms with E-state index in [0.717, 1.165) is 26.2 Å². The monoisotopic (exact) mass is 192 g/mol. The average molecular weight is 192 g/mol. The second-order valence-electron chi connectivity index (χ2n) is 3.02. The smallest absolute Gasteiger partial charge is 0.169 e. The van der Waals surface area contributed by atoms with Crippen molar-refractivity contribution in [3.8, 4) is 0 Å². The van der Waals surface area contributed by atoms with Gasteiger partial charge in [-0.1, -0.05) is 0 Å². The molecule has 0 aromatic carbocycles. The lowest BCUT2D eigenvalue weighted by Gasteiger charge is -2.31. The molecule has 1 aliphatic heterocycles. The van der Waals surface area contributed by atoms with Gasteiger partial charge < -0.3 is 4.90 Å². The summed E-state index contributed by atoms with van der Waals surface area (Å²) in [7, 11) is 3.58. The molecule has 0 aliphatic carbocycles. The van der Waals surface area contributed by atoms with Crippen LogP contribution in [-0.2, 0) is 15.3 Å². The maximum absolute atomic E-state index is 11.0. The third kappa shape index (κ3) is 3.18. The van der Waals surface area contributed by atoms with Gasteiger partial charge in [0.2, 0.25) is 0 Å². The molecule has 4 nitrogen and oxygen atoms in total. The van der Waals surface area contributed by atoms with E-state index in [1.807, 2.05) is 0 Å². The van der Waals surface area contributed by atoms with Gasteiger partial charge in [0.25, 0.3) is 0 Å². The molecule has 5 heteroatoms. The first-order valence-corrected chi connectivity index (χ1v) is 5.30. The first kappa shape index (κ1) is 10.1. The highest BCUT2D eigenvalue weighted by Gasteiger charge is 2.15. The van der Waals surface area contributed by atoms with Crippen molar-refractivity contribution in [3.05, 3.63) is 0 Å². The van der Waals surface area contributed by atoms with Gasteiger partial charge >= 0.3 is 0 Å². The summed E-state index contributed by atoms with van der Waals surface area (Å²) in [5.41, 5.74) is 0. The number of hydrogen-bond donors (Lipinski definition) is 0. The summed E-state index contributed by atoms with van der Waals surface area (Å²) in [5.74, 6) is 0.546. The number of nitrogens with zero attached hydrogens (tertiary/aromatic N) is 2. The molecule has 72 valence electrons. The molecule has 0 saturated carbocycles. The fourth-order valence-corrected chi connectivity index (χ4v) is 1.84. The van der Waals surface area contributed by atoms with Gasteiger partial charge in [-0.05, 0) is 7.05 Å². The Morgan fingerprint density at radius 3 is 2.42 bits per heavy atom. The van der Waals surface area contributed by atoms with Crippen LogP contribution in [0.5, 0.6) is 0 Å². The maximum atomic E-state index is 11.0. The Balaban J connectivity index is 2.21. The van der Waals surface area contributed by atoms with Crippen molar-refractivity contribution in [2.75, 3.05) is 46.2 Å². The second kappa shape index (κ2) is 4.91. The maximum Gasteiger partial charge on any atom is 0.169 e. The summed E-state index contributed by atoms with van der Waals surface area (Å²) in [5, 5.41) is 0. The lowest BCUT2D eigenvalue weighted by Crippen LogP contribution is -2.45. The highest BCUT2D eigenvalue weighted by molar-refractivity contribution is 7.80. The molecule has 1 aliphatic rings. The van der Waals surface area contributed by atoms with Crippen LogP contribution in [0.1, 0.15) is 0 Å². The summed E-state index contributed by atoms with van der Waals surface area (Å²) >= 11 is -1.13. The van der Waals surface area contributed by atoms with Crippen molar-refractivity contribution < 1.29 is 8.39 Å². The molecule has 0 aromatic heterocycles. The largest absolute Gasteiger partial charge is 0.304 e. The van der Waals surface area contributed by atoms with Gasteiger partial charge in [0, 0.05) is 26.2 Å². The van der Waals surface area contributed by atoms with Crippen LogP contribution in [-0.4, -0.2) is 60.2 Å². The van der Waals surface area contributed by atoms with E-state index in [2.05, 4.69) is 16.8 Å². The second-order valence-corrected chi connectivity index (χ2v) is 4.22. The first-order chi connectivity index (χ1) is 5.72. The normalized spacial score (nSPS) is 24.2. The standard InChI is InChI=1S/C7H16N2O2S/c1-8-3-5-9(6-4-8)7-12(10)11-2/h3-7H2,1-2H3. The lowest BCUT2D eigenvalue weighted by atomic mass is 10.4. The Morgan fingerprint density at radius 2 is 1.92 bits per heavy atom. The van der Waals surface area contributed by atoms with E-state index in [-0.39, 0.29) is 0 Å². The van der Waals surface area contributed by atoms with E-state index in [1.165, 1.54) is 7.11 Å². The van der Waals surface area contributed by atoms with Crippen LogP contribution in [0.2, 0.25) is 0 Å². The molecule has 1 heterocycles. The quantitative estimate of drug-likeness (QED) is 0.603. The summed E-state index contributed by atoms with van der Waals surface area (Å²) in [6, 6.07) is 0. The Kier molecular flexibility index (Phi) is 4.14. The van der Waals surface area contributed by atoms with Crippen LogP contribution >= 0.6 is 0 Å². The van der Waals surface area contributed by atoms with Crippen molar-refractivity contribution in [1.82, 2.24) is 9.80 Å². The van der Waals surface area contributed by atoms with E-state index in [4.69, 9.17) is 4.18 Å². The fourth-order valence-electron chi connectivity index (χ4n) is 1.18. The fraction of sp³-hybridized carbons (Fsp3) is 1.00. The highest BCUT2D eigenvalue weighted by Crippen LogP contribution is 1.99. The number of hydrogen-bond acceptors (Lipinski definition) is 4. The highest BCUT2D eigenvalue weighted by atomic mass is 32.2. The molecule has 1 unspecified atom stereocenters. The zero-order chi connectivity index (χ0) is 8.97. The predicted octanol–water partition coefficient (Wildman–Crippen LogP) is -0.499. The van der Waals surface area contributed by atoms with Crippen LogP contribution in [0.25, 0.3) is 0 Å². The van der Waals surface area contributed by atoms with E-state index >= 15 is 0 Å². The van der Waals surface area contributed by atoms with Crippen molar-refractivity contribution in [2.45, 2.75) is 0 Å². The van der Waals surface area contributed by atoms with Gasteiger partial charge in [-0.3, -0.25) is 9.08 Å². The molecular weight excluding hydrogens is 176 g/mol. The van der Waals surface area contributed by atoms with Gasteiger partial charge in [-0.2, -0.15) is 0 Å². The molecule has 0 aromatic rings. The molecule has 12 heavy (non-hydrogen) atoms. The third-order valence-electron chi connectivity index (χ3n) is 2.07. The summed E-state index contributed by atoms with van der Waals surface area (Å²) in [6.45, 7) is 4.10. The third-order valence-corrected chi connectivity index (χ3v) is 3.02. The Hall–Kier alpha value is 0.0300. The van der Waals surface area contributed by atoms with Crippen LogP contribution < -0.4 is 0 Å². The molecular formula is C7H16N2O2S. The Bertz CT molecular complexity index is 157. The van der Waals surface area contributed by atoms with Crippen molar-refractivity contribution >= 4 is 11.1 Å².